The van der Waals surface area contributed by atoms with Crippen LogP contribution in [0.3, 0.4) is 0 Å². The van der Waals surface area contributed by atoms with Crippen LogP contribution in [0.5, 0.6) is 0 Å². The zero-order valence-electron chi connectivity index (χ0n) is 13.2. The van der Waals surface area contributed by atoms with Crippen LogP contribution < -0.4 is 0 Å². The molecule has 0 radical (unpaired) electrons. The average molecular weight is 330 g/mol. The number of hydrogen-bond donors (Lipinski definition) is 2. The van der Waals surface area contributed by atoms with Crippen molar-refractivity contribution >= 4 is 35.1 Å². The van der Waals surface area contributed by atoms with Crippen LogP contribution in [0.1, 0.15) is 40.5 Å². The number of aliphatic hydroxyl groups is 2. The molecule has 0 spiro atoms. The summed E-state index contributed by atoms with van der Waals surface area (Å²) >= 11 is 0. The number of ether oxygens (including phenoxy) is 1. The summed E-state index contributed by atoms with van der Waals surface area (Å²) in [7, 11) is 0. The Hall–Kier alpha value is -2.26. The minimum absolute atomic E-state index is 0.738. The highest BCUT2D eigenvalue weighted by Crippen LogP contribution is 2.20. The van der Waals surface area contributed by atoms with E-state index in [0.717, 1.165) is 27.7 Å². The molecule has 0 aliphatic carbocycles. The van der Waals surface area contributed by atoms with Gasteiger partial charge in [-0.3, -0.25) is 19.2 Å². The van der Waals surface area contributed by atoms with Crippen LogP contribution in [-0.4, -0.2) is 56.5 Å². The van der Waals surface area contributed by atoms with Gasteiger partial charge in [0.25, 0.3) is 0 Å². The molecule has 2 unspecified atom stereocenters. The molecule has 0 aromatic heterocycles. The van der Waals surface area contributed by atoms with Gasteiger partial charge in [0.2, 0.25) is 11.2 Å². The Balaban J connectivity index is 5.51. The van der Waals surface area contributed by atoms with Crippen molar-refractivity contribution < 1.29 is 43.7 Å². The Morgan fingerprint density at radius 2 is 0.957 bits per heavy atom. The standard InChI is InChI=1S/C14H18O9/c1-7(15)5-13(21,9(3)17)11(19)23-12(20)14(22,10(4)18)6-8(2)16/h21-22H,5-6H2,1-4H3. The van der Waals surface area contributed by atoms with Gasteiger partial charge >= 0.3 is 11.9 Å². The van der Waals surface area contributed by atoms with E-state index in [9.17, 15) is 39.0 Å². The topological polar surface area (TPSA) is 152 Å². The lowest BCUT2D eigenvalue weighted by molar-refractivity contribution is -0.188. The molecule has 0 fully saturated rings. The van der Waals surface area contributed by atoms with Crippen LogP contribution in [0.4, 0.5) is 0 Å². The van der Waals surface area contributed by atoms with Gasteiger partial charge in [0, 0.05) is 0 Å². The first-order valence-corrected chi connectivity index (χ1v) is 6.49. The van der Waals surface area contributed by atoms with Crippen molar-refractivity contribution in [3.8, 4) is 0 Å². The molecule has 2 N–H and O–H groups in total. The SMILES string of the molecule is CC(=O)CC(O)(C(C)=O)C(=O)OC(=O)C(O)(CC(C)=O)C(C)=O. The second kappa shape index (κ2) is 7.34. The summed E-state index contributed by atoms with van der Waals surface area (Å²) in [5.41, 5.74) is -5.84. The summed E-state index contributed by atoms with van der Waals surface area (Å²) in [6.45, 7) is 3.57. The fraction of sp³-hybridized carbons (Fsp3) is 0.571. The van der Waals surface area contributed by atoms with E-state index >= 15 is 0 Å². The molecule has 0 heterocycles. The van der Waals surface area contributed by atoms with Crippen molar-refractivity contribution in [1.29, 1.82) is 0 Å². The molecule has 0 aromatic carbocycles. The monoisotopic (exact) mass is 330 g/mol. The molecule has 2 atom stereocenters. The molecule has 0 aliphatic rings. The lowest BCUT2D eigenvalue weighted by atomic mass is 9.91. The Morgan fingerprint density at radius 3 is 1.13 bits per heavy atom. The minimum Gasteiger partial charge on any atom is -0.388 e. The van der Waals surface area contributed by atoms with Crippen LogP contribution in [-0.2, 0) is 33.5 Å². The van der Waals surface area contributed by atoms with Crippen LogP contribution >= 0.6 is 0 Å². The number of hydrogen-bond acceptors (Lipinski definition) is 9. The summed E-state index contributed by atoms with van der Waals surface area (Å²) in [5, 5.41) is 19.9. The normalized spacial score (nSPS) is 15.7. The molecule has 0 saturated carbocycles. The van der Waals surface area contributed by atoms with Gasteiger partial charge in [-0.15, -0.1) is 0 Å². The molecular formula is C14H18O9. The summed E-state index contributed by atoms with van der Waals surface area (Å²) in [6, 6.07) is 0. The Labute approximate surface area is 131 Å². The lowest BCUT2D eigenvalue weighted by Crippen LogP contribution is -2.53. The molecule has 0 amide bonds. The second-order valence-electron chi connectivity index (χ2n) is 5.27. The quantitative estimate of drug-likeness (QED) is 0.406. The second-order valence-corrected chi connectivity index (χ2v) is 5.27. The molecule has 9 nitrogen and oxygen atoms in total. The molecule has 0 saturated heterocycles. The van der Waals surface area contributed by atoms with Gasteiger partial charge in [-0.05, 0) is 27.7 Å². The maximum absolute atomic E-state index is 11.8. The molecule has 0 rings (SSSR count). The van der Waals surface area contributed by atoms with Crippen LogP contribution in [0.25, 0.3) is 0 Å². The molecule has 23 heavy (non-hydrogen) atoms. The average Bonchev–Trinajstić information content (AvgIpc) is 2.35. The highest BCUT2D eigenvalue weighted by Gasteiger charge is 2.50. The number of ketones is 4. The van der Waals surface area contributed by atoms with Crippen molar-refractivity contribution in [2.75, 3.05) is 0 Å². The first-order chi connectivity index (χ1) is 10.3. The van der Waals surface area contributed by atoms with Gasteiger partial charge in [0.15, 0.2) is 11.6 Å². The Bertz CT molecular complexity index is 527. The van der Waals surface area contributed by atoms with Crippen molar-refractivity contribution in [3.63, 3.8) is 0 Å². The van der Waals surface area contributed by atoms with E-state index in [-0.39, 0.29) is 0 Å². The molecular weight excluding hydrogens is 312 g/mol. The van der Waals surface area contributed by atoms with Gasteiger partial charge in [-0.25, -0.2) is 9.59 Å². The van der Waals surface area contributed by atoms with E-state index in [1.807, 2.05) is 0 Å². The van der Waals surface area contributed by atoms with E-state index < -0.39 is 59.1 Å². The summed E-state index contributed by atoms with van der Waals surface area (Å²) in [4.78, 5) is 68.5. The van der Waals surface area contributed by atoms with Gasteiger partial charge in [-0.2, -0.15) is 0 Å². The molecule has 0 aromatic rings. The third-order valence-corrected chi connectivity index (χ3v) is 3.04. The fourth-order valence-corrected chi connectivity index (χ4v) is 1.65. The number of carbonyl (C=O) groups excluding carboxylic acids is 6. The predicted octanol–water partition coefficient (Wildman–Crippen LogP) is -1.35. The maximum atomic E-state index is 11.8. The zero-order chi connectivity index (χ0) is 18.6. The Kier molecular flexibility index (Phi) is 6.62. The lowest BCUT2D eigenvalue weighted by Gasteiger charge is -2.25. The number of carbonyl (C=O) groups is 6. The van der Waals surface area contributed by atoms with E-state index in [4.69, 9.17) is 0 Å². The van der Waals surface area contributed by atoms with E-state index in [0.29, 0.717) is 0 Å². The summed E-state index contributed by atoms with van der Waals surface area (Å²) < 4.78 is 4.18. The summed E-state index contributed by atoms with van der Waals surface area (Å²) in [5.74, 6) is -7.43. The molecule has 0 bridgehead atoms. The summed E-state index contributed by atoms with van der Waals surface area (Å²) in [6.07, 6.45) is -1.89. The van der Waals surface area contributed by atoms with Crippen LogP contribution in [0, 0.1) is 0 Å². The van der Waals surface area contributed by atoms with Gasteiger partial charge in [0.05, 0.1) is 12.8 Å². The predicted molar refractivity (Wildman–Crippen MR) is 73.0 cm³/mol. The minimum atomic E-state index is -2.92. The number of esters is 2. The van der Waals surface area contributed by atoms with Crippen molar-refractivity contribution in [2.45, 2.75) is 51.7 Å². The van der Waals surface area contributed by atoms with Crippen molar-refractivity contribution in [3.05, 3.63) is 0 Å². The largest absolute Gasteiger partial charge is 0.388 e. The first kappa shape index (κ1) is 20.7. The number of rotatable bonds is 8. The highest BCUT2D eigenvalue weighted by molar-refractivity contribution is 6.15. The fourth-order valence-electron chi connectivity index (χ4n) is 1.65. The highest BCUT2D eigenvalue weighted by atomic mass is 16.6. The van der Waals surface area contributed by atoms with E-state index in [1.165, 1.54) is 0 Å². The molecule has 9 heteroatoms. The smallest absolute Gasteiger partial charge is 0.354 e. The first-order valence-electron chi connectivity index (χ1n) is 6.49. The molecule has 0 aliphatic heterocycles. The van der Waals surface area contributed by atoms with Crippen LogP contribution in [0.15, 0.2) is 0 Å². The third-order valence-electron chi connectivity index (χ3n) is 3.04. The van der Waals surface area contributed by atoms with Crippen molar-refractivity contribution in [1.82, 2.24) is 0 Å². The maximum Gasteiger partial charge on any atom is 0.354 e. The Morgan fingerprint density at radius 1 is 0.696 bits per heavy atom. The number of Topliss-reactive ketones (excluding diaryl/α,β-unsaturated/α-hetero) is 4. The van der Waals surface area contributed by atoms with E-state index in [2.05, 4.69) is 4.74 Å². The van der Waals surface area contributed by atoms with Gasteiger partial charge in [0.1, 0.15) is 11.6 Å². The molecule has 128 valence electrons. The van der Waals surface area contributed by atoms with Crippen LogP contribution in [0.2, 0.25) is 0 Å². The van der Waals surface area contributed by atoms with E-state index in [1.54, 1.807) is 0 Å². The van der Waals surface area contributed by atoms with Crippen molar-refractivity contribution in [2.24, 2.45) is 0 Å². The van der Waals surface area contributed by atoms with Gasteiger partial charge < -0.3 is 14.9 Å². The van der Waals surface area contributed by atoms with Gasteiger partial charge in [-0.1, -0.05) is 0 Å². The zero-order valence-corrected chi connectivity index (χ0v) is 13.2. The third kappa shape index (κ3) is 4.86.